The second-order valence-electron chi connectivity index (χ2n) is 5.28. The number of sulfone groups is 1. The molecule has 0 radical (unpaired) electrons. The molecular weight excluding hydrogens is 361 g/mol. The van der Waals surface area contributed by atoms with Gasteiger partial charge >= 0.3 is 0 Å². The average molecular weight is 377 g/mol. The van der Waals surface area contributed by atoms with E-state index in [0.717, 1.165) is 17.8 Å². The van der Waals surface area contributed by atoms with Crippen LogP contribution in [0.15, 0.2) is 71.0 Å². The summed E-state index contributed by atoms with van der Waals surface area (Å²) in [5.74, 6) is 0.138. The molecule has 3 aromatic rings. The van der Waals surface area contributed by atoms with Crippen molar-refractivity contribution in [3.8, 4) is 5.69 Å². The molecule has 0 fully saturated rings. The topological polar surface area (TPSA) is 64.8 Å². The molecular formula is C17H16FN3O2S2. The van der Waals surface area contributed by atoms with E-state index in [4.69, 9.17) is 0 Å². The van der Waals surface area contributed by atoms with Crippen molar-refractivity contribution in [1.82, 2.24) is 14.8 Å². The van der Waals surface area contributed by atoms with Crippen LogP contribution in [0, 0.1) is 5.82 Å². The first-order chi connectivity index (χ1) is 12.0. The molecule has 2 aromatic carbocycles. The first-order valence-corrected chi connectivity index (χ1v) is 10.3. The molecule has 0 N–H and O–H groups in total. The lowest BCUT2D eigenvalue weighted by Gasteiger charge is -2.03. The van der Waals surface area contributed by atoms with Crippen molar-refractivity contribution in [1.29, 1.82) is 0 Å². The number of rotatable bonds is 7. The van der Waals surface area contributed by atoms with Gasteiger partial charge in [0, 0.05) is 5.75 Å². The van der Waals surface area contributed by atoms with Crippen LogP contribution in [0.25, 0.3) is 5.69 Å². The van der Waals surface area contributed by atoms with Gasteiger partial charge in [-0.15, -0.1) is 5.10 Å². The molecule has 8 heteroatoms. The van der Waals surface area contributed by atoms with Crippen molar-refractivity contribution in [2.24, 2.45) is 0 Å². The number of para-hydroxylation sites is 1. The fourth-order valence-electron chi connectivity index (χ4n) is 2.19. The van der Waals surface area contributed by atoms with E-state index in [1.807, 2.05) is 30.3 Å². The smallest absolute Gasteiger partial charge is 0.208 e. The third kappa shape index (κ3) is 4.67. The predicted molar refractivity (Wildman–Crippen MR) is 95.2 cm³/mol. The molecule has 0 bridgehead atoms. The predicted octanol–water partition coefficient (Wildman–Crippen LogP) is 3.36. The Balaban J connectivity index is 1.52. The van der Waals surface area contributed by atoms with Crippen molar-refractivity contribution in [2.75, 3.05) is 11.5 Å². The maximum absolute atomic E-state index is 12.9. The molecule has 1 aromatic heterocycles. The SMILES string of the molecule is O=S(=O)(CCCSc1ncn(-c2ccccc2)n1)c1ccc(F)cc1. The van der Waals surface area contributed by atoms with Crippen LogP contribution < -0.4 is 0 Å². The lowest BCUT2D eigenvalue weighted by atomic mass is 10.3. The van der Waals surface area contributed by atoms with E-state index < -0.39 is 15.7 Å². The average Bonchev–Trinajstić information content (AvgIpc) is 3.09. The van der Waals surface area contributed by atoms with Crippen LogP contribution in [-0.2, 0) is 9.84 Å². The van der Waals surface area contributed by atoms with Crippen LogP contribution in [0.1, 0.15) is 6.42 Å². The Bertz CT molecular complexity index is 926. The minimum atomic E-state index is -3.40. The number of nitrogens with zero attached hydrogens (tertiary/aromatic N) is 3. The molecule has 3 rings (SSSR count). The number of halogens is 1. The first-order valence-electron chi connectivity index (χ1n) is 7.63. The van der Waals surface area contributed by atoms with Gasteiger partial charge in [-0.1, -0.05) is 30.0 Å². The van der Waals surface area contributed by atoms with Crippen molar-refractivity contribution < 1.29 is 12.8 Å². The summed E-state index contributed by atoms with van der Waals surface area (Å²) in [6.45, 7) is 0. The van der Waals surface area contributed by atoms with Gasteiger partial charge in [0.2, 0.25) is 5.16 Å². The molecule has 0 unspecified atom stereocenters. The molecule has 130 valence electrons. The fraction of sp³-hybridized carbons (Fsp3) is 0.176. The summed E-state index contributed by atoms with van der Waals surface area (Å²) < 4.78 is 38.9. The zero-order chi connectivity index (χ0) is 17.7. The Morgan fingerprint density at radius 1 is 1.04 bits per heavy atom. The van der Waals surface area contributed by atoms with Gasteiger partial charge in [-0.3, -0.25) is 0 Å². The summed E-state index contributed by atoms with van der Waals surface area (Å²) in [7, 11) is -3.40. The Morgan fingerprint density at radius 2 is 1.76 bits per heavy atom. The highest BCUT2D eigenvalue weighted by molar-refractivity contribution is 7.99. The van der Waals surface area contributed by atoms with E-state index in [1.54, 1.807) is 11.0 Å². The standard InChI is InChI=1S/C17H16FN3O2S2/c18-14-7-9-16(10-8-14)25(22,23)12-4-11-24-17-19-13-21(20-17)15-5-2-1-3-6-15/h1-3,5-10,13H,4,11-12H2. The van der Waals surface area contributed by atoms with E-state index in [0.29, 0.717) is 17.3 Å². The molecule has 25 heavy (non-hydrogen) atoms. The number of hydrogen-bond acceptors (Lipinski definition) is 5. The summed E-state index contributed by atoms with van der Waals surface area (Å²) >= 11 is 1.41. The molecule has 0 spiro atoms. The maximum atomic E-state index is 12.9. The van der Waals surface area contributed by atoms with Crippen LogP contribution in [0.3, 0.4) is 0 Å². The van der Waals surface area contributed by atoms with Gasteiger partial charge in [0.05, 0.1) is 16.3 Å². The highest BCUT2D eigenvalue weighted by Gasteiger charge is 2.14. The quantitative estimate of drug-likeness (QED) is 0.359. The molecule has 1 heterocycles. The van der Waals surface area contributed by atoms with E-state index >= 15 is 0 Å². The number of aromatic nitrogens is 3. The molecule has 0 saturated heterocycles. The summed E-state index contributed by atoms with van der Waals surface area (Å²) in [6.07, 6.45) is 2.09. The molecule has 5 nitrogen and oxygen atoms in total. The minimum Gasteiger partial charge on any atom is -0.224 e. The Morgan fingerprint density at radius 3 is 2.48 bits per heavy atom. The highest BCUT2D eigenvalue weighted by Crippen LogP contribution is 2.18. The van der Waals surface area contributed by atoms with Gasteiger partial charge in [-0.2, -0.15) is 0 Å². The van der Waals surface area contributed by atoms with Gasteiger partial charge in [0.15, 0.2) is 9.84 Å². The van der Waals surface area contributed by atoms with Gasteiger partial charge < -0.3 is 0 Å². The Labute approximate surface area is 149 Å². The Hall–Kier alpha value is -2.19. The molecule has 0 saturated carbocycles. The third-order valence-corrected chi connectivity index (χ3v) is 6.21. The fourth-order valence-corrected chi connectivity index (χ4v) is 4.42. The van der Waals surface area contributed by atoms with E-state index in [-0.39, 0.29) is 10.6 Å². The molecule has 0 aliphatic rings. The molecule has 0 aliphatic carbocycles. The summed E-state index contributed by atoms with van der Waals surface area (Å²) in [5, 5.41) is 4.96. The first kappa shape index (κ1) is 17.6. The highest BCUT2D eigenvalue weighted by atomic mass is 32.2. The van der Waals surface area contributed by atoms with E-state index in [1.165, 1.54) is 23.9 Å². The van der Waals surface area contributed by atoms with Crippen molar-refractivity contribution >= 4 is 21.6 Å². The van der Waals surface area contributed by atoms with E-state index in [9.17, 15) is 12.8 Å². The normalized spacial score (nSPS) is 11.6. The van der Waals surface area contributed by atoms with Gasteiger partial charge in [0.1, 0.15) is 12.1 Å². The lowest BCUT2D eigenvalue weighted by molar-refractivity contribution is 0.593. The van der Waals surface area contributed by atoms with Crippen LogP contribution in [0.5, 0.6) is 0 Å². The number of thioether (sulfide) groups is 1. The summed E-state index contributed by atoms with van der Waals surface area (Å²) in [6, 6.07) is 14.5. The van der Waals surface area contributed by atoms with Gasteiger partial charge in [0.25, 0.3) is 0 Å². The Kier molecular flexibility index (Phi) is 5.50. The lowest BCUT2D eigenvalue weighted by Crippen LogP contribution is -2.07. The van der Waals surface area contributed by atoms with Gasteiger partial charge in [-0.25, -0.2) is 22.5 Å². The van der Waals surface area contributed by atoms with Crippen LogP contribution in [0.4, 0.5) is 4.39 Å². The van der Waals surface area contributed by atoms with Crippen LogP contribution >= 0.6 is 11.8 Å². The summed E-state index contributed by atoms with van der Waals surface area (Å²) in [5.41, 5.74) is 0.917. The molecule has 0 atom stereocenters. The number of hydrogen-bond donors (Lipinski definition) is 0. The van der Waals surface area contributed by atoms with Crippen molar-refractivity contribution in [3.63, 3.8) is 0 Å². The van der Waals surface area contributed by atoms with Crippen LogP contribution in [0.2, 0.25) is 0 Å². The maximum Gasteiger partial charge on any atom is 0.208 e. The molecule has 0 amide bonds. The zero-order valence-corrected chi connectivity index (χ0v) is 14.9. The largest absolute Gasteiger partial charge is 0.224 e. The van der Waals surface area contributed by atoms with Crippen molar-refractivity contribution in [2.45, 2.75) is 16.5 Å². The second-order valence-corrected chi connectivity index (χ2v) is 8.45. The van der Waals surface area contributed by atoms with Gasteiger partial charge in [-0.05, 0) is 42.8 Å². The van der Waals surface area contributed by atoms with Crippen LogP contribution in [-0.4, -0.2) is 34.7 Å². The monoisotopic (exact) mass is 377 g/mol. The number of benzene rings is 2. The van der Waals surface area contributed by atoms with E-state index in [2.05, 4.69) is 10.1 Å². The second kappa shape index (κ2) is 7.79. The zero-order valence-electron chi connectivity index (χ0n) is 13.2. The summed E-state index contributed by atoms with van der Waals surface area (Å²) in [4.78, 5) is 4.36. The molecule has 0 aliphatic heterocycles. The van der Waals surface area contributed by atoms with Crippen molar-refractivity contribution in [3.05, 3.63) is 66.7 Å². The minimum absolute atomic E-state index is 0.00499. The third-order valence-electron chi connectivity index (χ3n) is 3.45.